The molecule has 1 aromatic rings. The number of fused-ring (bicyclic) bond motifs is 1. The molecule has 2 unspecified atom stereocenters. The fourth-order valence-electron chi connectivity index (χ4n) is 2.24. The highest BCUT2D eigenvalue weighted by Gasteiger charge is 2.26. The Morgan fingerprint density at radius 3 is 2.65 bits per heavy atom. The molecule has 0 amide bonds. The van der Waals surface area contributed by atoms with Gasteiger partial charge in [0.05, 0.1) is 17.9 Å². The quantitative estimate of drug-likeness (QED) is 0.606. The van der Waals surface area contributed by atoms with Crippen molar-refractivity contribution in [2.45, 2.75) is 32.4 Å². The Morgan fingerprint density at radius 2 is 2.00 bits per heavy atom. The number of benzene rings is 1. The molecule has 1 aromatic carbocycles. The van der Waals surface area contributed by atoms with Crippen LogP contribution in [0.2, 0.25) is 0 Å². The highest BCUT2D eigenvalue weighted by atomic mass is 16.4. The summed E-state index contributed by atoms with van der Waals surface area (Å²) in [5, 5.41) is 22.0. The van der Waals surface area contributed by atoms with Crippen LogP contribution < -0.4 is 4.90 Å². The Balaban J connectivity index is 2.41. The number of rotatable bonds is 2. The first-order valence-electron chi connectivity index (χ1n) is 5.90. The first kappa shape index (κ1) is 11.9. The van der Waals surface area contributed by atoms with E-state index in [1.54, 1.807) is 6.92 Å². The Hall–Kier alpha value is -1.55. The van der Waals surface area contributed by atoms with E-state index in [0.717, 1.165) is 23.5 Å². The second kappa shape index (κ2) is 4.75. The summed E-state index contributed by atoms with van der Waals surface area (Å²) >= 11 is 0. The number of aliphatic hydroxyl groups is 1. The normalized spacial score (nSPS) is 21.1. The standard InChI is InChI=1S/C13H18N2O2/c1-9(10(2)16)15-8-7-12(14-17)11-5-3-4-6-13(11)15/h3-6,9-10,16-17H,7-8H2,1-2H3. The monoisotopic (exact) mass is 234 g/mol. The third kappa shape index (κ3) is 2.13. The number of nitrogens with zero attached hydrogens (tertiary/aromatic N) is 2. The van der Waals surface area contributed by atoms with E-state index < -0.39 is 6.10 Å². The van der Waals surface area contributed by atoms with Crippen LogP contribution in [0.5, 0.6) is 0 Å². The molecule has 17 heavy (non-hydrogen) atoms. The van der Waals surface area contributed by atoms with E-state index in [9.17, 15) is 5.11 Å². The van der Waals surface area contributed by atoms with Crippen molar-refractivity contribution >= 4 is 11.4 Å². The van der Waals surface area contributed by atoms with Crippen molar-refractivity contribution in [3.8, 4) is 0 Å². The number of anilines is 1. The van der Waals surface area contributed by atoms with Gasteiger partial charge < -0.3 is 15.2 Å². The van der Waals surface area contributed by atoms with Gasteiger partial charge in [0.15, 0.2) is 0 Å². The van der Waals surface area contributed by atoms with Gasteiger partial charge in [-0.25, -0.2) is 0 Å². The van der Waals surface area contributed by atoms with Crippen molar-refractivity contribution in [1.29, 1.82) is 0 Å². The lowest BCUT2D eigenvalue weighted by atomic mass is 9.97. The van der Waals surface area contributed by atoms with Crippen LogP contribution in [-0.2, 0) is 0 Å². The molecular weight excluding hydrogens is 216 g/mol. The molecule has 0 fully saturated rings. The molecule has 4 heteroatoms. The van der Waals surface area contributed by atoms with E-state index in [2.05, 4.69) is 10.1 Å². The second-order valence-electron chi connectivity index (χ2n) is 4.49. The fourth-order valence-corrected chi connectivity index (χ4v) is 2.24. The zero-order chi connectivity index (χ0) is 12.4. The summed E-state index contributed by atoms with van der Waals surface area (Å²) in [6.45, 7) is 4.56. The van der Waals surface area contributed by atoms with Crippen LogP contribution in [0.15, 0.2) is 29.4 Å². The highest BCUT2D eigenvalue weighted by molar-refractivity contribution is 6.06. The zero-order valence-electron chi connectivity index (χ0n) is 10.2. The fraction of sp³-hybridized carbons (Fsp3) is 0.462. The highest BCUT2D eigenvalue weighted by Crippen LogP contribution is 2.29. The van der Waals surface area contributed by atoms with Gasteiger partial charge >= 0.3 is 0 Å². The molecule has 0 aromatic heterocycles. The maximum Gasteiger partial charge on any atom is 0.0906 e. The Bertz CT molecular complexity index is 429. The van der Waals surface area contributed by atoms with Gasteiger partial charge in [0.25, 0.3) is 0 Å². The molecule has 0 saturated carbocycles. The number of para-hydroxylation sites is 1. The number of oxime groups is 1. The molecule has 2 atom stereocenters. The van der Waals surface area contributed by atoms with Crippen molar-refractivity contribution in [1.82, 2.24) is 0 Å². The van der Waals surface area contributed by atoms with Gasteiger partial charge in [0.2, 0.25) is 0 Å². The molecule has 4 nitrogen and oxygen atoms in total. The molecule has 0 radical (unpaired) electrons. The van der Waals surface area contributed by atoms with E-state index in [1.165, 1.54) is 0 Å². The maximum absolute atomic E-state index is 9.70. The average Bonchev–Trinajstić information content (AvgIpc) is 2.36. The van der Waals surface area contributed by atoms with Crippen LogP contribution >= 0.6 is 0 Å². The van der Waals surface area contributed by atoms with Crippen LogP contribution in [-0.4, -0.2) is 34.7 Å². The number of hydrogen-bond donors (Lipinski definition) is 2. The molecule has 92 valence electrons. The third-order valence-corrected chi connectivity index (χ3v) is 3.42. The number of hydrogen-bond acceptors (Lipinski definition) is 4. The third-order valence-electron chi connectivity index (χ3n) is 3.42. The molecule has 1 aliphatic rings. The lowest BCUT2D eigenvalue weighted by molar-refractivity contribution is 0.165. The number of aliphatic hydroxyl groups excluding tert-OH is 1. The predicted octanol–water partition coefficient (Wildman–Crippen LogP) is 1.84. The van der Waals surface area contributed by atoms with Crippen LogP contribution in [0.4, 0.5) is 5.69 Å². The topological polar surface area (TPSA) is 56.1 Å². The summed E-state index contributed by atoms with van der Waals surface area (Å²) in [5.41, 5.74) is 2.70. The van der Waals surface area contributed by atoms with Crippen molar-refractivity contribution in [2.75, 3.05) is 11.4 Å². The summed E-state index contributed by atoms with van der Waals surface area (Å²) in [4.78, 5) is 2.16. The summed E-state index contributed by atoms with van der Waals surface area (Å²) in [7, 11) is 0. The van der Waals surface area contributed by atoms with Crippen molar-refractivity contribution < 1.29 is 10.3 Å². The zero-order valence-corrected chi connectivity index (χ0v) is 10.2. The van der Waals surface area contributed by atoms with Crippen molar-refractivity contribution in [2.24, 2.45) is 5.16 Å². The van der Waals surface area contributed by atoms with Gasteiger partial charge in [0, 0.05) is 24.2 Å². The van der Waals surface area contributed by atoms with Crippen LogP contribution in [0, 0.1) is 0 Å². The van der Waals surface area contributed by atoms with Gasteiger partial charge in [-0.2, -0.15) is 0 Å². The molecule has 2 N–H and O–H groups in total. The maximum atomic E-state index is 9.70. The SMILES string of the molecule is CC(O)C(C)N1CCC(=NO)c2ccccc21. The minimum atomic E-state index is -0.393. The molecule has 0 spiro atoms. The van der Waals surface area contributed by atoms with E-state index in [0.29, 0.717) is 6.42 Å². The second-order valence-corrected chi connectivity index (χ2v) is 4.49. The van der Waals surface area contributed by atoms with Crippen LogP contribution in [0.25, 0.3) is 0 Å². The summed E-state index contributed by atoms with van der Waals surface area (Å²) in [6, 6.07) is 7.89. The van der Waals surface area contributed by atoms with Gasteiger partial charge in [-0.05, 0) is 19.9 Å². The van der Waals surface area contributed by atoms with Crippen molar-refractivity contribution in [3.63, 3.8) is 0 Å². The minimum Gasteiger partial charge on any atom is -0.411 e. The van der Waals surface area contributed by atoms with Crippen LogP contribution in [0.3, 0.4) is 0 Å². The largest absolute Gasteiger partial charge is 0.411 e. The van der Waals surface area contributed by atoms with Gasteiger partial charge in [-0.1, -0.05) is 23.4 Å². The van der Waals surface area contributed by atoms with Gasteiger partial charge in [-0.15, -0.1) is 0 Å². The smallest absolute Gasteiger partial charge is 0.0906 e. The van der Waals surface area contributed by atoms with E-state index in [4.69, 9.17) is 5.21 Å². The molecule has 2 rings (SSSR count). The van der Waals surface area contributed by atoms with Gasteiger partial charge in [0.1, 0.15) is 0 Å². The van der Waals surface area contributed by atoms with E-state index >= 15 is 0 Å². The van der Waals surface area contributed by atoms with Crippen LogP contribution in [0.1, 0.15) is 25.8 Å². The van der Waals surface area contributed by atoms with Crippen molar-refractivity contribution in [3.05, 3.63) is 29.8 Å². The first-order valence-corrected chi connectivity index (χ1v) is 5.90. The Labute approximate surface area is 101 Å². The lowest BCUT2D eigenvalue weighted by Gasteiger charge is -2.37. The molecule has 0 saturated heterocycles. The van der Waals surface area contributed by atoms with E-state index in [1.807, 2.05) is 31.2 Å². The summed E-state index contributed by atoms with van der Waals surface area (Å²) < 4.78 is 0. The molecular formula is C13H18N2O2. The average molecular weight is 234 g/mol. The minimum absolute atomic E-state index is 0.0522. The summed E-state index contributed by atoms with van der Waals surface area (Å²) in [6.07, 6.45) is 0.306. The molecule has 1 aliphatic heterocycles. The molecule has 0 aliphatic carbocycles. The molecule has 1 heterocycles. The predicted molar refractivity (Wildman–Crippen MR) is 67.9 cm³/mol. The van der Waals surface area contributed by atoms with Gasteiger partial charge in [-0.3, -0.25) is 0 Å². The Morgan fingerprint density at radius 1 is 1.29 bits per heavy atom. The van der Waals surface area contributed by atoms with E-state index in [-0.39, 0.29) is 6.04 Å². The Kier molecular flexibility index (Phi) is 3.33. The molecule has 0 bridgehead atoms. The lowest BCUT2D eigenvalue weighted by Crippen LogP contribution is -2.44. The first-order chi connectivity index (χ1) is 8.15. The summed E-state index contributed by atoms with van der Waals surface area (Å²) in [5.74, 6) is 0.